The molecule has 1 aromatic rings. The summed E-state index contributed by atoms with van der Waals surface area (Å²) in [6, 6.07) is 0. The van der Waals surface area contributed by atoms with E-state index in [1.54, 1.807) is 6.92 Å². The van der Waals surface area contributed by atoms with Crippen LogP contribution in [0.2, 0.25) is 0 Å². The summed E-state index contributed by atoms with van der Waals surface area (Å²) in [5.74, 6) is -0.126. The van der Waals surface area contributed by atoms with Crippen molar-refractivity contribution >= 4 is 24.0 Å². The van der Waals surface area contributed by atoms with E-state index in [2.05, 4.69) is 9.97 Å². The molecule has 0 aliphatic heterocycles. The van der Waals surface area contributed by atoms with Crippen LogP contribution in [0.1, 0.15) is 17.3 Å². The zero-order valence-corrected chi connectivity index (χ0v) is 8.99. The summed E-state index contributed by atoms with van der Waals surface area (Å²) in [6.45, 7) is 2.11. The normalized spacial score (nSPS) is 9.67. The van der Waals surface area contributed by atoms with E-state index in [-0.39, 0.29) is 11.7 Å². The first-order valence-electron chi connectivity index (χ1n) is 4.32. The summed E-state index contributed by atoms with van der Waals surface area (Å²) in [6.07, 6.45) is 3.49. The average Bonchev–Trinajstić information content (AvgIpc) is 2.27. The number of thioether (sulfide) groups is 1. The molecule has 0 amide bonds. The molecule has 0 aromatic carbocycles. The van der Waals surface area contributed by atoms with Crippen molar-refractivity contribution in [3.63, 3.8) is 0 Å². The van der Waals surface area contributed by atoms with Crippen LogP contribution in [0.5, 0.6) is 0 Å². The molecule has 0 aliphatic rings. The molecule has 0 spiro atoms. The summed E-state index contributed by atoms with van der Waals surface area (Å²) in [5, 5.41) is 0.452. The Bertz CT molecular complexity index is 340. The molecular weight excluding hydrogens is 216 g/mol. The van der Waals surface area contributed by atoms with Crippen LogP contribution < -0.4 is 0 Å². The molecule has 0 bridgehead atoms. The summed E-state index contributed by atoms with van der Waals surface area (Å²) in [4.78, 5) is 29.1. The number of aldehydes is 1. The van der Waals surface area contributed by atoms with Gasteiger partial charge < -0.3 is 4.74 Å². The van der Waals surface area contributed by atoms with Gasteiger partial charge in [-0.15, -0.1) is 0 Å². The van der Waals surface area contributed by atoms with Crippen molar-refractivity contribution < 1.29 is 14.3 Å². The number of rotatable bonds is 5. The zero-order chi connectivity index (χ0) is 11.1. The predicted molar refractivity (Wildman–Crippen MR) is 54.8 cm³/mol. The number of aromatic nitrogens is 2. The lowest BCUT2D eigenvalue weighted by Gasteiger charge is -2.00. The Kier molecular flexibility index (Phi) is 4.76. The van der Waals surface area contributed by atoms with Crippen molar-refractivity contribution in [2.75, 3.05) is 12.4 Å². The second-order valence-corrected chi connectivity index (χ2v) is 3.45. The van der Waals surface area contributed by atoms with Gasteiger partial charge >= 0.3 is 5.97 Å². The van der Waals surface area contributed by atoms with E-state index in [0.717, 1.165) is 0 Å². The molecule has 0 radical (unpaired) electrons. The van der Waals surface area contributed by atoms with Crippen molar-refractivity contribution in [2.45, 2.75) is 12.1 Å². The molecule has 5 nitrogen and oxygen atoms in total. The Morgan fingerprint density at radius 1 is 1.53 bits per heavy atom. The van der Waals surface area contributed by atoms with Crippen LogP contribution in [0.15, 0.2) is 17.6 Å². The van der Waals surface area contributed by atoms with Gasteiger partial charge in [0.1, 0.15) is 0 Å². The van der Waals surface area contributed by atoms with E-state index in [9.17, 15) is 9.59 Å². The highest BCUT2D eigenvalue weighted by Gasteiger charge is 2.04. The molecule has 0 fully saturated rings. The predicted octanol–water partition coefficient (Wildman–Crippen LogP) is 0.944. The highest BCUT2D eigenvalue weighted by Crippen LogP contribution is 2.11. The molecule has 0 saturated carbocycles. The van der Waals surface area contributed by atoms with Gasteiger partial charge in [-0.1, -0.05) is 11.8 Å². The van der Waals surface area contributed by atoms with E-state index in [0.29, 0.717) is 23.6 Å². The maximum Gasteiger partial charge on any atom is 0.316 e. The number of carbonyl (C=O) groups excluding carboxylic acids is 2. The molecule has 15 heavy (non-hydrogen) atoms. The lowest BCUT2D eigenvalue weighted by Crippen LogP contribution is -2.07. The molecule has 0 N–H and O–H groups in total. The van der Waals surface area contributed by atoms with Crippen LogP contribution in [0.4, 0.5) is 0 Å². The third-order valence-electron chi connectivity index (χ3n) is 1.41. The standard InChI is InChI=1S/C9H10N2O3S/c1-2-14-8(13)6-15-9-10-3-7(5-12)4-11-9/h3-5H,2,6H2,1H3. The SMILES string of the molecule is CCOC(=O)CSc1ncc(C=O)cn1. The third-order valence-corrected chi connectivity index (χ3v) is 2.26. The molecule has 0 unspecified atom stereocenters. The number of ether oxygens (including phenoxy) is 1. The highest BCUT2D eigenvalue weighted by atomic mass is 32.2. The lowest BCUT2D eigenvalue weighted by molar-refractivity contribution is -0.139. The molecule has 1 aromatic heterocycles. The molecule has 1 heterocycles. The second-order valence-electron chi connectivity index (χ2n) is 2.51. The molecular formula is C9H10N2O3S. The number of carbonyl (C=O) groups is 2. The molecule has 1 rings (SSSR count). The Labute approximate surface area is 91.3 Å². The molecule has 0 saturated heterocycles. The highest BCUT2D eigenvalue weighted by molar-refractivity contribution is 7.99. The largest absolute Gasteiger partial charge is 0.465 e. The smallest absolute Gasteiger partial charge is 0.316 e. The van der Waals surface area contributed by atoms with Gasteiger partial charge in [-0.3, -0.25) is 9.59 Å². The van der Waals surface area contributed by atoms with Gasteiger partial charge in [0.2, 0.25) is 0 Å². The Balaban J connectivity index is 2.44. The minimum atomic E-state index is -0.300. The van der Waals surface area contributed by atoms with E-state index in [4.69, 9.17) is 4.74 Å². The van der Waals surface area contributed by atoms with Gasteiger partial charge in [0, 0.05) is 12.4 Å². The Morgan fingerprint density at radius 3 is 2.73 bits per heavy atom. The fourth-order valence-electron chi connectivity index (χ4n) is 0.788. The van der Waals surface area contributed by atoms with Crippen molar-refractivity contribution in [1.82, 2.24) is 9.97 Å². The summed E-state index contributed by atoms with van der Waals surface area (Å²) >= 11 is 1.17. The van der Waals surface area contributed by atoms with Gasteiger partial charge in [-0.05, 0) is 6.92 Å². The summed E-state index contributed by atoms with van der Waals surface area (Å²) in [5.41, 5.74) is 0.412. The first kappa shape index (κ1) is 11.6. The minimum Gasteiger partial charge on any atom is -0.465 e. The van der Waals surface area contributed by atoms with E-state index < -0.39 is 0 Å². The average molecular weight is 226 g/mol. The molecule has 80 valence electrons. The van der Waals surface area contributed by atoms with Crippen LogP contribution in [0.25, 0.3) is 0 Å². The number of hydrogen-bond donors (Lipinski definition) is 0. The van der Waals surface area contributed by atoms with Crippen LogP contribution in [-0.4, -0.2) is 34.6 Å². The minimum absolute atomic E-state index is 0.175. The maximum absolute atomic E-state index is 11.0. The topological polar surface area (TPSA) is 69.2 Å². The number of esters is 1. The Hall–Kier alpha value is -1.43. The fraction of sp³-hybridized carbons (Fsp3) is 0.333. The van der Waals surface area contributed by atoms with E-state index in [1.165, 1.54) is 24.2 Å². The number of nitrogens with zero attached hydrogens (tertiary/aromatic N) is 2. The first-order chi connectivity index (χ1) is 7.26. The van der Waals surface area contributed by atoms with Crippen LogP contribution in [0.3, 0.4) is 0 Å². The van der Waals surface area contributed by atoms with Crippen molar-refractivity contribution in [2.24, 2.45) is 0 Å². The maximum atomic E-state index is 11.0. The molecule has 0 aliphatic carbocycles. The monoisotopic (exact) mass is 226 g/mol. The molecule has 6 heteroatoms. The van der Waals surface area contributed by atoms with Crippen molar-refractivity contribution in [3.05, 3.63) is 18.0 Å². The van der Waals surface area contributed by atoms with Gasteiger partial charge in [0.15, 0.2) is 11.4 Å². The second kappa shape index (κ2) is 6.13. The van der Waals surface area contributed by atoms with Crippen LogP contribution in [-0.2, 0) is 9.53 Å². The fourth-order valence-corrected chi connectivity index (χ4v) is 1.37. The van der Waals surface area contributed by atoms with Crippen molar-refractivity contribution in [3.8, 4) is 0 Å². The summed E-state index contributed by atoms with van der Waals surface area (Å²) in [7, 11) is 0. The van der Waals surface area contributed by atoms with Gasteiger partial charge in [-0.2, -0.15) is 0 Å². The third kappa shape index (κ3) is 4.07. The van der Waals surface area contributed by atoms with Crippen LogP contribution >= 0.6 is 11.8 Å². The Morgan fingerprint density at radius 2 is 2.20 bits per heavy atom. The quantitative estimate of drug-likeness (QED) is 0.322. The summed E-state index contributed by atoms with van der Waals surface area (Å²) < 4.78 is 4.74. The van der Waals surface area contributed by atoms with Gasteiger partial charge in [0.05, 0.1) is 17.9 Å². The van der Waals surface area contributed by atoms with Gasteiger partial charge in [0.25, 0.3) is 0 Å². The zero-order valence-electron chi connectivity index (χ0n) is 8.17. The first-order valence-corrected chi connectivity index (χ1v) is 5.30. The van der Waals surface area contributed by atoms with Crippen molar-refractivity contribution in [1.29, 1.82) is 0 Å². The number of hydrogen-bond acceptors (Lipinski definition) is 6. The van der Waals surface area contributed by atoms with Crippen LogP contribution in [0, 0.1) is 0 Å². The van der Waals surface area contributed by atoms with E-state index >= 15 is 0 Å². The molecule has 0 atom stereocenters. The lowest BCUT2D eigenvalue weighted by atomic mass is 10.4. The van der Waals surface area contributed by atoms with E-state index in [1.807, 2.05) is 0 Å². The van der Waals surface area contributed by atoms with Gasteiger partial charge in [-0.25, -0.2) is 9.97 Å².